The molecule has 2 aliphatic rings. The molecule has 0 unspecified atom stereocenters. The largest absolute Gasteiger partial charge is 0.484 e. The van der Waals surface area contributed by atoms with Gasteiger partial charge in [0.1, 0.15) is 5.75 Å². The smallest absolute Gasteiger partial charge is 0.255 e. The maximum absolute atomic E-state index is 12.5. The van der Waals surface area contributed by atoms with Crippen molar-refractivity contribution in [3.63, 3.8) is 0 Å². The number of likely N-dealkylation sites (tertiary alicyclic amines) is 1. The van der Waals surface area contributed by atoms with E-state index in [0.717, 1.165) is 13.1 Å². The van der Waals surface area contributed by atoms with Crippen LogP contribution in [0.1, 0.15) is 12.8 Å². The Balaban J connectivity index is 1.60. The molecule has 2 N–H and O–H groups in total. The van der Waals surface area contributed by atoms with Crippen molar-refractivity contribution in [2.45, 2.75) is 23.8 Å². The van der Waals surface area contributed by atoms with Crippen molar-refractivity contribution < 1.29 is 17.9 Å². The summed E-state index contributed by atoms with van der Waals surface area (Å²) in [6.45, 7) is 3.04. The van der Waals surface area contributed by atoms with Gasteiger partial charge in [0.25, 0.3) is 5.91 Å². The van der Waals surface area contributed by atoms with E-state index in [2.05, 4.69) is 4.90 Å². The van der Waals surface area contributed by atoms with Gasteiger partial charge in [-0.05, 0) is 50.2 Å². The monoisotopic (exact) mass is 339 g/mol. The summed E-state index contributed by atoms with van der Waals surface area (Å²) in [5.74, 6) is -0.156. The second kappa shape index (κ2) is 6.46. The second-order valence-corrected chi connectivity index (χ2v) is 7.88. The van der Waals surface area contributed by atoms with Crippen LogP contribution in [0.4, 0.5) is 0 Å². The Bertz CT molecular complexity index is 662. The molecule has 0 bridgehead atoms. The minimum atomic E-state index is -3.45. The van der Waals surface area contributed by atoms with Gasteiger partial charge in [-0.15, -0.1) is 0 Å². The van der Waals surface area contributed by atoms with Crippen molar-refractivity contribution in [1.29, 1.82) is 0 Å². The summed E-state index contributed by atoms with van der Waals surface area (Å²) in [7, 11) is -3.45. The molecular formula is C15H21N3O4S. The normalized spacial score (nSPS) is 20.3. The molecule has 0 atom stereocenters. The lowest BCUT2D eigenvalue weighted by molar-refractivity contribution is -0.119. The van der Waals surface area contributed by atoms with Gasteiger partial charge < -0.3 is 10.5 Å². The topological polar surface area (TPSA) is 92.9 Å². The van der Waals surface area contributed by atoms with Gasteiger partial charge in [0.05, 0.1) is 4.90 Å². The van der Waals surface area contributed by atoms with Gasteiger partial charge in [-0.3, -0.25) is 9.69 Å². The maximum Gasteiger partial charge on any atom is 0.255 e. The van der Waals surface area contributed by atoms with E-state index in [1.165, 1.54) is 41.4 Å². The fraction of sp³-hybridized carbons (Fsp3) is 0.533. The van der Waals surface area contributed by atoms with Crippen LogP contribution in [0.15, 0.2) is 29.2 Å². The molecule has 2 aliphatic heterocycles. The van der Waals surface area contributed by atoms with E-state index in [4.69, 9.17) is 10.5 Å². The van der Waals surface area contributed by atoms with Crippen LogP contribution in [0.5, 0.6) is 5.75 Å². The fourth-order valence-electron chi connectivity index (χ4n) is 2.96. The van der Waals surface area contributed by atoms with Crippen molar-refractivity contribution in [2.75, 3.05) is 32.8 Å². The minimum Gasteiger partial charge on any atom is -0.484 e. The third-order valence-electron chi connectivity index (χ3n) is 4.33. The lowest BCUT2D eigenvalue weighted by atomic mass is 10.1. The predicted octanol–water partition coefficient (Wildman–Crippen LogP) is 0.0194. The molecule has 126 valence electrons. The number of carbonyl (C=O) groups excluding carboxylic acids is 1. The number of hydrogen-bond donors (Lipinski definition) is 1. The van der Waals surface area contributed by atoms with E-state index in [1.807, 2.05) is 0 Å². The summed E-state index contributed by atoms with van der Waals surface area (Å²) in [5, 5.41) is 0. The minimum absolute atomic E-state index is 0.226. The van der Waals surface area contributed by atoms with E-state index >= 15 is 0 Å². The summed E-state index contributed by atoms with van der Waals surface area (Å²) in [5.41, 5.74) is 5.00. The van der Waals surface area contributed by atoms with Crippen LogP contribution in [0, 0.1) is 0 Å². The molecule has 2 fully saturated rings. The number of rotatable bonds is 6. The summed E-state index contributed by atoms with van der Waals surface area (Å²) < 4.78 is 31.7. The van der Waals surface area contributed by atoms with Crippen LogP contribution >= 0.6 is 0 Å². The number of ether oxygens (including phenoxy) is 1. The van der Waals surface area contributed by atoms with E-state index in [-0.39, 0.29) is 11.5 Å². The molecule has 0 aliphatic carbocycles. The number of primary amides is 1. The Hall–Kier alpha value is -1.64. The number of sulfonamides is 1. The van der Waals surface area contributed by atoms with Crippen LogP contribution in [0.25, 0.3) is 0 Å². The molecule has 0 spiro atoms. The zero-order chi connectivity index (χ0) is 16.4. The molecule has 0 aromatic heterocycles. The van der Waals surface area contributed by atoms with E-state index < -0.39 is 15.9 Å². The van der Waals surface area contributed by atoms with Gasteiger partial charge in [0.15, 0.2) is 6.61 Å². The molecule has 23 heavy (non-hydrogen) atoms. The lowest BCUT2D eigenvalue weighted by Gasteiger charge is -2.42. The molecule has 1 aromatic carbocycles. The zero-order valence-corrected chi connectivity index (χ0v) is 13.7. The highest BCUT2D eigenvalue weighted by atomic mass is 32.2. The van der Waals surface area contributed by atoms with Gasteiger partial charge in [-0.1, -0.05) is 0 Å². The first-order valence-corrected chi connectivity index (χ1v) is 9.16. The summed E-state index contributed by atoms with van der Waals surface area (Å²) in [4.78, 5) is 13.3. The van der Waals surface area contributed by atoms with Crippen LogP contribution in [-0.2, 0) is 14.8 Å². The molecule has 7 nitrogen and oxygen atoms in total. The van der Waals surface area contributed by atoms with E-state index in [9.17, 15) is 13.2 Å². The quantitative estimate of drug-likeness (QED) is 0.789. The van der Waals surface area contributed by atoms with Crippen molar-refractivity contribution in [3.8, 4) is 5.75 Å². The first kappa shape index (κ1) is 16.2. The number of nitrogens with zero attached hydrogens (tertiary/aromatic N) is 2. The Labute approximate surface area is 136 Å². The average molecular weight is 339 g/mol. The fourth-order valence-corrected chi connectivity index (χ4v) is 4.48. The number of nitrogens with two attached hydrogens (primary N) is 1. The van der Waals surface area contributed by atoms with Crippen LogP contribution in [0.2, 0.25) is 0 Å². The molecular weight excluding hydrogens is 318 g/mol. The number of carbonyl (C=O) groups is 1. The van der Waals surface area contributed by atoms with Crippen molar-refractivity contribution >= 4 is 15.9 Å². The van der Waals surface area contributed by atoms with Crippen LogP contribution in [0.3, 0.4) is 0 Å². The average Bonchev–Trinajstić information content (AvgIpc) is 2.97. The number of amides is 1. The Morgan fingerprint density at radius 3 is 2.35 bits per heavy atom. The summed E-state index contributed by atoms with van der Waals surface area (Å²) in [6, 6.07) is 6.41. The number of hydrogen-bond acceptors (Lipinski definition) is 5. The number of benzene rings is 1. The van der Waals surface area contributed by atoms with Gasteiger partial charge in [-0.2, -0.15) is 4.31 Å². The predicted molar refractivity (Wildman–Crippen MR) is 84.5 cm³/mol. The highest BCUT2D eigenvalue weighted by Gasteiger charge is 2.40. The third kappa shape index (κ3) is 3.49. The maximum atomic E-state index is 12.5. The molecule has 0 radical (unpaired) electrons. The van der Waals surface area contributed by atoms with Crippen molar-refractivity contribution in [2.24, 2.45) is 5.73 Å². The Morgan fingerprint density at radius 1 is 1.17 bits per heavy atom. The van der Waals surface area contributed by atoms with E-state index in [0.29, 0.717) is 24.9 Å². The molecule has 2 heterocycles. The van der Waals surface area contributed by atoms with Crippen molar-refractivity contribution in [1.82, 2.24) is 9.21 Å². The molecule has 1 aromatic rings. The zero-order valence-electron chi connectivity index (χ0n) is 12.8. The molecule has 2 saturated heterocycles. The molecule has 3 rings (SSSR count). The molecule has 8 heteroatoms. The first-order valence-electron chi connectivity index (χ1n) is 7.72. The van der Waals surface area contributed by atoms with Crippen molar-refractivity contribution in [3.05, 3.63) is 24.3 Å². The molecule has 0 saturated carbocycles. The van der Waals surface area contributed by atoms with Gasteiger partial charge in [0, 0.05) is 19.1 Å². The second-order valence-electron chi connectivity index (χ2n) is 5.95. The summed E-state index contributed by atoms with van der Waals surface area (Å²) in [6.07, 6.45) is 2.41. The van der Waals surface area contributed by atoms with Crippen LogP contribution in [-0.4, -0.2) is 62.4 Å². The first-order chi connectivity index (χ1) is 11.0. The highest BCUT2D eigenvalue weighted by molar-refractivity contribution is 7.89. The highest BCUT2D eigenvalue weighted by Crippen LogP contribution is 2.27. The Kier molecular flexibility index (Phi) is 4.56. The standard InChI is InChI=1S/C15H21N3O4S/c16-15(19)11-22-13-3-5-14(6-4-13)23(20,21)18-9-12(10-18)17-7-1-2-8-17/h3-6,12H,1-2,7-11H2,(H2,16,19). The SMILES string of the molecule is NC(=O)COc1ccc(S(=O)(=O)N2CC(N3CCCC3)C2)cc1. The lowest BCUT2D eigenvalue weighted by Crippen LogP contribution is -2.60. The van der Waals surface area contributed by atoms with Gasteiger partial charge >= 0.3 is 0 Å². The van der Waals surface area contributed by atoms with Gasteiger partial charge in [-0.25, -0.2) is 8.42 Å². The third-order valence-corrected chi connectivity index (χ3v) is 6.17. The van der Waals surface area contributed by atoms with Gasteiger partial charge in [0.2, 0.25) is 10.0 Å². The van der Waals surface area contributed by atoms with Crippen LogP contribution < -0.4 is 10.5 Å². The van der Waals surface area contributed by atoms with E-state index in [1.54, 1.807) is 0 Å². The Morgan fingerprint density at radius 2 is 1.78 bits per heavy atom. The molecule has 1 amide bonds. The summed E-state index contributed by atoms with van der Waals surface area (Å²) >= 11 is 0.